The molecule has 0 aromatic heterocycles. The van der Waals surface area contributed by atoms with Crippen LogP contribution < -0.4 is 34.3 Å². The molecule has 72 valence electrons. The third-order valence-electron chi connectivity index (χ3n) is 1.48. The van der Waals surface area contributed by atoms with Gasteiger partial charge in [-0.05, 0) is 12.1 Å². The van der Waals surface area contributed by atoms with Crippen LogP contribution in [-0.4, -0.2) is 18.2 Å². The molecule has 0 spiro atoms. The molecule has 0 heterocycles. The van der Waals surface area contributed by atoms with Crippen molar-refractivity contribution in [2.45, 2.75) is 0 Å². The van der Waals surface area contributed by atoms with Gasteiger partial charge in [-0.3, -0.25) is 0 Å². The topological polar surface area (TPSA) is 46.5 Å². The average molecular weight is 245 g/mol. The van der Waals surface area contributed by atoms with Crippen molar-refractivity contribution in [1.29, 1.82) is 0 Å². The predicted molar refractivity (Wildman–Crippen MR) is 51.1 cm³/mol. The summed E-state index contributed by atoms with van der Waals surface area (Å²) in [7, 11) is 1.34. The van der Waals surface area contributed by atoms with E-state index in [4.69, 9.17) is 33.0 Å². The zero-order chi connectivity index (χ0) is 10.0. The van der Waals surface area contributed by atoms with Gasteiger partial charge in [-0.2, -0.15) is 0 Å². The molecule has 0 fully saturated rings. The number of hydrogen-bond donors (Lipinski definition) is 1. The minimum Gasteiger partial charge on any atom is -1.00 e. The van der Waals surface area contributed by atoms with Crippen LogP contribution in [0.2, 0.25) is 10.0 Å². The molecular formula is C8H7Cl2NaO3. The van der Waals surface area contributed by atoms with Crippen LogP contribution in [0.5, 0.6) is 5.75 Å². The summed E-state index contributed by atoms with van der Waals surface area (Å²) in [5, 5.41) is 9.11. The zero-order valence-electron chi connectivity index (χ0n) is 8.67. The van der Waals surface area contributed by atoms with E-state index in [1.807, 2.05) is 0 Å². The number of ether oxygens (including phenoxy) is 1. The molecule has 1 aromatic carbocycles. The van der Waals surface area contributed by atoms with Gasteiger partial charge in [-0.15, -0.1) is 0 Å². The van der Waals surface area contributed by atoms with Crippen molar-refractivity contribution in [3.05, 3.63) is 27.7 Å². The largest absolute Gasteiger partial charge is 1.00 e. The van der Waals surface area contributed by atoms with E-state index >= 15 is 0 Å². The third-order valence-corrected chi connectivity index (χ3v) is 2.09. The Morgan fingerprint density at radius 3 is 2.29 bits per heavy atom. The number of benzene rings is 1. The van der Waals surface area contributed by atoms with E-state index in [9.17, 15) is 4.79 Å². The van der Waals surface area contributed by atoms with Gasteiger partial charge < -0.3 is 11.3 Å². The number of carboxylic acids is 1. The van der Waals surface area contributed by atoms with Crippen LogP contribution in [0, 0.1) is 0 Å². The van der Waals surface area contributed by atoms with Crippen molar-refractivity contribution in [3.63, 3.8) is 0 Å². The number of halogens is 2. The molecule has 0 amide bonds. The predicted octanol–water partition coefficient (Wildman–Crippen LogP) is -0.183. The fraction of sp³-hybridized carbons (Fsp3) is 0.125. The molecule has 14 heavy (non-hydrogen) atoms. The van der Waals surface area contributed by atoms with E-state index in [0.717, 1.165) is 0 Å². The summed E-state index contributed by atoms with van der Waals surface area (Å²) in [4.78, 5) is 10.7. The second-order valence-electron chi connectivity index (χ2n) is 2.24. The molecule has 0 aliphatic heterocycles. The van der Waals surface area contributed by atoms with Crippen LogP contribution in [0.15, 0.2) is 12.1 Å². The van der Waals surface area contributed by atoms with Gasteiger partial charge in [-0.1, -0.05) is 23.2 Å². The van der Waals surface area contributed by atoms with Crippen molar-refractivity contribution in [1.82, 2.24) is 0 Å². The number of methoxy groups -OCH3 is 1. The van der Waals surface area contributed by atoms with Crippen molar-refractivity contribution in [2.24, 2.45) is 0 Å². The quantitative estimate of drug-likeness (QED) is 0.735. The Kier molecular flexibility index (Phi) is 5.86. The third kappa shape index (κ3) is 2.78. The van der Waals surface area contributed by atoms with Crippen LogP contribution in [-0.2, 0) is 0 Å². The van der Waals surface area contributed by atoms with E-state index < -0.39 is 5.97 Å². The summed E-state index contributed by atoms with van der Waals surface area (Å²) >= 11 is 11.4. The summed E-state index contributed by atoms with van der Waals surface area (Å²) in [6.45, 7) is 0. The van der Waals surface area contributed by atoms with Gasteiger partial charge in [0.15, 0.2) is 5.75 Å². The average Bonchev–Trinajstić information content (AvgIpc) is 2.07. The molecule has 1 N–H and O–H groups in total. The Morgan fingerprint density at radius 2 is 1.93 bits per heavy atom. The van der Waals surface area contributed by atoms with Crippen molar-refractivity contribution in [2.75, 3.05) is 7.11 Å². The normalized spacial score (nSPS) is 9.07. The molecular weight excluding hydrogens is 238 g/mol. The Hall–Kier alpha value is 0.0700. The molecule has 0 saturated carbocycles. The fourth-order valence-electron chi connectivity index (χ4n) is 0.932. The first kappa shape index (κ1) is 14.1. The van der Waals surface area contributed by atoms with E-state index in [1.54, 1.807) is 0 Å². The molecule has 0 saturated heterocycles. The summed E-state index contributed by atoms with van der Waals surface area (Å²) < 4.78 is 4.82. The molecule has 1 rings (SSSR count). The maximum Gasteiger partial charge on any atom is 1.00 e. The van der Waals surface area contributed by atoms with Gasteiger partial charge in [0.25, 0.3) is 0 Å². The minimum atomic E-state index is -1.16. The Balaban J connectivity index is 0. The van der Waals surface area contributed by atoms with Crippen LogP contribution in [0.1, 0.15) is 11.8 Å². The SMILES string of the molecule is COc1c(Cl)ccc(Cl)c1C(=O)O.[H-].[Na+]. The van der Waals surface area contributed by atoms with Gasteiger partial charge in [-0.25, -0.2) is 4.79 Å². The first-order valence-electron chi connectivity index (χ1n) is 3.33. The van der Waals surface area contributed by atoms with Gasteiger partial charge in [0, 0.05) is 0 Å². The van der Waals surface area contributed by atoms with Crippen molar-refractivity contribution >= 4 is 29.2 Å². The maximum absolute atomic E-state index is 10.7. The summed E-state index contributed by atoms with van der Waals surface area (Å²) in [5.74, 6) is -1.08. The molecule has 0 aliphatic carbocycles. The molecule has 6 heteroatoms. The summed E-state index contributed by atoms with van der Waals surface area (Å²) in [6, 6.07) is 2.89. The van der Waals surface area contributed by atoms with Gasteiger partial charge >= 0.3 is 35.5 Å². The van der Waals surface area contributed by atoms with Gasteiger partial charge in [0.2, 0.25) is 0 Å². The van der Waals surface area contributed by atoms with Gasteiger partial charge in [0.05, 0.1) is 17.2 Å². The van der Waals surface area contributed by atoms with E-state index in [1.165, 1.54) is 19.2 Å². The Morgan fingerprint density at radius 1 is 1.43 bits per heavy atom. The summed E-state index contributed by atoms with van der Waals surface area (Å²) in [5.41, 5.74) is -0.114. The van der Waals surface area contributed by atoms with Crippen LogP contribution >= 0.6 is 23.2 Å². The molecule has 0 bridgehead atoms. The van der Waals surface area contributed by atoms with Crippen LogP contribution in [0.4, 0.5) is 0 Å². The number of carboxylic acid groups (broad SMARTS) is 1. The second kappa shape index (κ2) is 5.83. The van der Waals surface area contributed by atoms with Crippen LogP contribution in [0.25, 0.3) is 0 Å². The molecule has 0 radical (unpaired) electrons. The fourth-order valence-corrected chi connectivity index (χ4v) is 1.40. The number of aromatic carboxylic acids is 1. The molecule has 3 nitrogen and oxygen atoms in total. The van der Waals surface area contributed by atoms with E-state index in [-0.39, 0.29) is 52.3 Å². The zero-order valence-corrected chi connectivity index (χ0v) is 11.2. The molecule has 0 aliphatic rings. The molecule has 0 unspecified atom stereocenters. The Bertz CT molecular complexity index is 360. The maximum atomic E-state index is 10.7. The molecule has 1 aromatic rings. The number of rotatable bonds is 2. The Labute approximate surface area is 115 Å². The standard InChI is InChI=1S/C8H6Cl2O3.Na.H/c1-13-7-5(10)3-2-4(9)6(7)8(11)12;;/h2-3H,1H3,(H,11,12);;/q;+1;-1. The van der Waals surface area contributed by atoms with Crippen molar-refractivity contribution < 1.29 is 45.6 Å². The van der Waals surface area contributed by atoms with Crippen molar-refractivity contribution in [3.8, 4) is 5.75 Å². The summed E-state index contributed by atoms with van der Waals surface area (Å²) in [6.07, 6.45) is 0. The monoisotopic (exact) mass is 244 g/mol. The molecule has 0 atom stereocenters. The number of hydrogen-bond acceptors (Lipinski definition) is 2. The smallest absolute Gasteiger partial charge is 1.00 e. The number of carbonyl (C=O) groups is 1. The van der Waals surface area contributed by atoms with Crippen LogP contribution in [0.3, 0.4) is 0 Å². The first-order valence-corrected chi connectivity index (χ1v) is 4.08. The second-order valence-corrected chi connectivity index (χ2v) is 3.06. The van der Waals surface area contributed by atoms with E-state index in [2.05, 4.69) is 0 Å². The first-order chi connectivity index (χ1) is 6.07. The van der Waals surface area contributed by atoms with Gasteiger partial charge in [0.1, 0.15) is 5.56 Å². The van der Waals surface area contributed by atoms with E-state index in [0.29, 0.717) is 0 Å². The minimum absolute atomic E-state index is 0.